The van der Waals surface area contributed by atoms with Crippen molar-refractivity contribution in [1.29, 1.82) is 0 Å². The van der Waals surface area contributed by atoms with E-state index in [1.165, 1.54) is 18.2 Å². The number of anilines is 1. The van der Waals surface area contributed by atoms with Crippen LogP contribution in [0.25, 0.3) is 0 Å². The Kier molecular flexibility index (Phi) is 4.82. The lowest BCUT2D eigenvalue weighted by atomic mass is 10.1. The molecule has 0 fully saturated rings. The van der Waals surface area contributed by atoms with Crippen LogP contribution in [0.2, 0.25) is 0 Å². The number of nitro benzene ring substituents is 1. The van der Waals surface area contributed by atoms with Crippen molar-refractivity contribution in [2.75, 3.05) is 19.0 Å². The molecule has 0 aliphatic rings. The summed E-state index contributed by atoms with van der Waals surface area (Å²) < 4.78 is 0. The molecule has 3 N–H and O–H groups in total. The molecular weight excluding hydrogens is 248 g/mol. The molecule has 0 aromatic heterocycles. The maximum absolute atomic E-state index is 12.1. The molecular formula is C12H18N4O3. The average molecular weight is 266 g/mol. The molecule has 19 heavy (non-hydrogen) atoms. The highest BCUT2D eigenvalue weighted by molar-refractivity contribution is 5.95. The molecule has 7 nitrogen and oxygen atoms in total. The molecule has 0 heterocycles. The fourth-order valence-corrected chi connectivity index (χ4v) is 1.79. The second kappa shape index (κ2) is 6.14. The highest BCUT2D eigenvalue weighted by Gasteiger charge is 2.18. The summed E-state index contributed by atoms with van der Waals surface area (Å²) in [4.78, 5) is 23.9. The normalized spacial score (nSPS) is 10.4. The lowest BCUT2D eigenvalue weighted by Crippen LogP contribution is -2.30. The number of nitro groups is 1. The van der Waals surface area contributed by atoms with E-state index < -0.39 is 4.92 Å². The number of hydrogen-bond acceptors (Lipinski definition) is 5. The standard InChI is InChI=1S/C12H18N4O3/c1-8(2)7-15(3)12(17)9-4-5-11(16(18)19)10(6-9)14-13/h4-6,8,14H,7,13H2,1-3H3. The summed E-state index contributed by atoms with van der Waals surface area (Å²) in [5.74, 6) is 5.39. The lowest BCUT2D eigenvalue weighted by Gasteiger charge is -2.19. The minimum absolute atomic E-state index is 0.119. The number of nitrogens with zero attached hydrogens (tertiary/aromatic N) is 2. The van der Waals surface area contributed by atoms with Crippen LogP contribution in [0.15, 0.2) is 18.2 Å². The number of carbonyl (C=O) groups excluding carboxylic acids is 1. The summed E-state index contributed by atoms with van der Waals surface area (Å²) in [5.41, 5.74) is 2.56. The average Bonchev–Trinajstić information content (AvgIpc) is 2.36. The van der Waals surface area contributed by atoms with Gasteiger partial charge in [0.1, 0.15) is 5.69 Å². The third kappa shape index (κ3) is 3.65. The molecule has 7 heteroatoms. The monoisotopic (exact) mass is 266 g/mol. The van der Waals surface area contributed by atoms with Crippen molar-refractivity contribution in [1.82, 2.24) is 4.90 Å². The first-order valence-corrected chi connectivity index (χ1v) is 5.87. The largest absolute Gasteiger partial charge is 0.341 e. The first-order valence-electron chi connectivity index (χ1n) is 5.87. The summed E-state index contributed by atoms with van der Waals surface area (Å²) in [7, 11) is 1.69. The predicted molar refractivity (Wildman–Crippen MR) is 72.7 cm³/mol. The summed E-state index contributed by atoms with van der Waals surface area (Å²) in [6.45, 7) is 4.63. The minimum Gasteiger partial charge on any atom is -0.341 e. The quantitative estimate of drug-likeness (QED) is 0.479. The summed E-state index contributed by atoms with van der Waals surface area (Å²) in [6, 6.07) is 4.08. The van der Waals surface area contributed by atoms with E-state index in [1.807, 2.05) is 13.8 Å². The van der Waals surface area contributed by atoms with Crippen molar-refractivity contribution in [2.45, 2.75) is 13.8 Å². The van der Waals surface area contributed by atoms with Gasteiger partial charge in [-0.25, -0.2) is 0 Å². The molecule has 0 unspecified atom stereocenters. The first-order chi connectivity index (χ1) is 8.86. The highest BCUT2D eigenvalue weighted by Crippen LogP contribution is 2.25. The maximum Gasteiger partial charge on any atom is 0.293 e. The van der Waals surface area contributed by atoms with Gasteiger partial charge >= 0.3 is 0 Å². The predicted octanol–water partition coefficient (Wildman–Crippen LogP) is 1.61. The zero-order valence-corrected chi connectivity index (χ0v) is 11.2. The summed E-state index contributed by atoms with van der Waals surface area (Å²) in [6.07, 6.45) is 0. The molecule has 104 valence electrons. The number of rotatable bonds is 5. The van der Waals surface area contributed by atoms with Crippen molar-refractivity contribution in [3.8, 4) is 0 Å². The summed E-state index contributed by atoms with van der Waals surface area (Å²) in [5, 5.41) is 10.8. The van der Waals surface area contributed by atoms with Crippen LogP contribution in [0.1, 0.15) is 24.2 Å². The molecule has 1 aromatic rings. The first kappa shape index (κ1) is 14.9. The number of hydrogen-bond donors (Lipinski definition) is 2. The molecule has 0 spiro atoms. The fourth-order valence-electron chi connectivity index (χ4n) is 1.79. The van der Waals surface area contributed by atoms with Gasteiger partial charge in [0.25, 0.3) is 11.6 Å². The van der Waals surface area contributed by atoms with Crippen LogP contribution in [0.3, 0.4) is 0 Å². The SMILES string of the molecule is CC(C)CN(C)C(=O)c1ccc([N+](=O)[O-])c(NN)c1. The van der Waals surface area contributed by atoms with Crippen LogP contribution in [0.5, 0.6) is 0 Å². The number of amides is 1. The number of carbonyl (C=O) groups is 1. The lowest BCUT2D eigenvalue weighted by molar-refractivity contribution is -0.384. The van der Waals surface area contributed by atoms with Gasteiger partial charge < -0.3 is 10.3 Å². The Morgan fingerprint density at radius 2 is 2.16 bits per heavy atom. The topological polar surface area (TPSA) is 102 Å². The minimum atomic E-state index is -0.554. The van der Waals surface area contributed by atoms with Crippen LogP contribution in [0, 0.1) is 16.0 Å². The zero-order valence-electron chi connectivity index (χ0n) is 11.2. The van der Waals surface area contributed by atoms with Gasteiger partial charge in [0.15, 0.2) is 0 Å². The second-order valence-electron chi connectivity index (χ2n) is 4.71. The van der Waals surface area contributed by atoms with Crippen molar-refractivity contribution in [2.24, 2.45) is 11.8 Å². The van der Waals surface area contributed by atoms with E-state index in [9.17, 15) is 14.9 Å². The van der Waals surface area contributed by atoms with E-state index in [2.05, 4.69) is 5.43 Å². The molecule has 0 saturated carbocycles. The molecule has 0 saturated heterocycles. The second-order valence-corrected chi connectivity index (χ2v) is 4.71. The van der Waals surface area contributed by atoms with Crippen LogP contribution in [0.4, 0.5) is 11.4 Å². The van der Waals surface area contributed by atoms with Crippen molar-refractivity contribution in [3.63, 3.8) is 0 Å². The van der Waals surface area contributed by atoms with Gasteiger partial charge in [-0.05, 0) is 18.1 Å². The van der Waals surface area contributed by atoms with Gasteiger partial charge in [-0.3, -0.25) is 20.8 Å². The van der Waals surface area contributed by atoms with E-state index in [0.717, 1.165) is 0 Å². The van der Waals surface area contributed by atoms with E-state index in [0.29, 0.717) is 18.0 Å². The van der Waals surface area contributed by atoms with Crippen molar-refractivity contribution in [3.05, 3.63) is 33.9 Å². The van der Waals surface area contributed by atoms with Gasteiger partial charge in [-0.15, -0.1) is 0 Å². The Morgan fingerprint density at radius 1 is 1.53 bits per heavy atom. The third-order valence-electron chi connectivity index (χ3n) is 2.58. The van der Waals surface area contributed by atoms with Gasteiger partial charge in [-0.1, -0.05) is 13.8 Å². The van der Waals surface area contributed by atoms with Gasteiger partial charge in [0.05, 0.1) is 4.92 Å². The molecule has 0 radical (unpaired) electrons. The number of nitrogen functional groups attached to an aromatic ring is 1. The Hall–Kier alpha value is -2.15. The molecule has 1 amide bonds. The van der Waals surface area contributed by atoms with Gasteiger partial charge in [0.2, 0.25) is 0 Å². The summed E-state index contributed by atoms with van der Waals surface area (Å²) >= 11 is 0. The van der Waals surface area contributed by atoms with E-state index >= 15 is 0 Å². The number of nitrogens with one attached hydrogen (secondary N) is 1. The third-order valence-corrected chi connectivity index (χ3v) is 2.58. The van der Waals surface area contributed by atoms with E-state index in [1.54, 1.807) is 11.9 Å². The van der Waals surface area contributed by atoms with Gasteiger partial charge in [0, 0.05) is 25.2 Å². The molecule has 0 bridgehead atoms. The van der Waals surface area contributed by atoms with Crippen LogP contribution < -0.4 is 11.3 Å². The fraction of sp³-hybridized carbons (Fsp3) is 0.417. The molecule has 1 aromatic carbocycles. The zero-order chi connectivity index (χ0) is 14.6. The molecule has 0 atom stereocenters. The number of benzene rings is 1. The molecule has 0 aliphatic carbocycles. The number of hydrazine groups is 1. The Labute approximate surface area is 111 Å². The van der Waals surface area contributed by atoms with E-state index in [4.69, 9.17) is 5.84 Å². The van der Waals surface area contributed by atoms with Crippen LogP contribution >= 0.6 is 0 Å². The molecule has 0 aliphatic heterocycles. The Morgan fingerprint density at radius 3 is 2.63 bits per heavy atom. The Balaban J connectivity index is 3.02. The van der Waals surface area contributed by atoms with Crippen LogP contribution in [-0.2, 0) is 0 Å². The van der Waals surface area contributed by atoms with E-state index in [-0.39, 0.29) is 17.3 Å². The van der Waals surface area contributed by atoms with Crippen molar-refractivity contribution < 1.29 is 9.72 Å². The maximum atomic E-state index is 12.1. The van der Waals surface area contributed by atoms with Crippen LogP contribution in [-0.4, -0.2) is 29.3 Å². The van der Waals surface area contributed by atoms with Gasteiger partial charge in [-0.2, -0.15) is 0 Å². The van der Waals surface area contributed by atoms with Crippen molar-refractivity contribution >= 4 is 17.3 Å². The molecule has 1 rings (SSSR count). The smallest absolute Gasteiger partial charge is 0.293 e. The number of nitrogens with two attached hydrogens (primary N) is 1. The Bertz CT molecular complexity index is 488. The highest BCUT2D eigenvalue weighted by atomic mass is 16.6.